The molecule has 0 aliphatic carbocycles. The topological polar surface area (TPSA) is 40.7 Å². The van der Waals surface area contributed by atoms with Crippen LogP contribution in [0.15, 0.2) is 18.2 Å². The van der Waals surface area contributed by atoms with Crippen LogP contribution in [0, 0.1) is 13.8 Å². The monoisotopic (exact) mass is 269 g/mol. The fourth-order valence-corrected chi connectivity index (χ4v) is 2.13. The number of aryl methyl sites for hydroxylation is 2. The van der Waals surface area contributed by atoms with E-state index in [1.807, 2.05) is 26.0 Å². The zero-order valence-electron chi connectivity index (χ0n) is 9.64. The van der Waals surface area contributed by atoms with Gasteiger partial charge >= 0.3 is 0 Å². The lowest BCUT2D eigenvalue weighted by Crippen LogP contribution is -2.01. The Morgan fingerprint density at radius 1 is 1.29 bits per heavy atom. The molecule has 2 rings (SSSR count). The number of hydrogen-bond donors (Lipinski definition) is 2. The van der Waals surface area contributed by atoms with E-state index in [9.17, 15) is 0 Å². The van der Waals surface area contributed by atoms with Crippen LogP contribution in [0.1, 0.15) is 17.0 Å². The number of H-pyrrole nitrogens is 1. The molecule has 1 aromatic carbocycles. The van der Waals surface area contributed by atoms with Gasteiger partial charge in [0, 0.05) is 22.8 Å². The van der Waals surface area contributed by atoms with Crippen LogP contribution in [-0.4, -0.2) is 10.2 Å². The first-order chi connectivity index (χ1) is 8.08. The number of nitrogens with zero attached hydrogens (tertiary/aromatic N) is 1. The minimum atomic E-state index is 0.622. The second-order valence-electron chi connectivity index (χ2n) is 3.89. The standard InChI is InChI=1S/C12H13Cl2N3/c1-7-10(8(2)17-16-7)6-15-12-4-3-9(13)5-11(12)14/h3-5,15H,6H2,1-2H3,(H,16,17). The van der Waals surface area contributed by atoms with Gasteiger partial charge in [0.15, 0.2) is 0 Å². The number of aromatic amines is 1. The highest BCUT2D eigenvalue weighted by Gasteiger charge is 2.07. The molecular weight excluding hydrogens is 257 g/mol. The molecule has 1 heterocycles. The van der Waals surface area contributed by atoms with Crippen LogP contribution in [0.25, 0.3) is 0 Å². The average molecular weight is 270 g/mol. The smallest absolute Gasteiger partial charge is 0.0652 e. The number of benzene rings is 1. The van der Waals surface area contributed by atoms with E-state index in [1.54, 1.807) is 6.07 Å². The lowest BCUT2D eigenvalue weighted by molar-refractivity contribution is 1.02. The molecule has 0 spiro atoms. The number of rotatable bonds is 3. The number of aromatic nitrogens is 2. The average Bonchev–Trinajstić information content (AvgIpc) is 2.58. The number of halogens is 2. The molecule has 5 heteroatoms. The van der Waals surface area contributed by atoms with E-state index in [4.69, 9.17) is 23.2 Å². The minimum absolute atomic E-state index is 0.622. The predicted octanol–water partition coefficient (Wildman–Crippen LogP) is 3.95. The molecule has 0 aliphatic rings. The maximum atomic E-state index is 6.08. The zero-order chi connectivity index (χ0) is 12.4. The van der Waals surface area contributed by atoms with E-state index in [2.05, 4.69) is 15.5 Å². The summed E-state index contributed by atoms with van der Waals surface area (Å²) in [5.41, 5.74) is 4.10. The third-order valence-electron chi connectivity index (χ3n) is 2.67. The maximum Gasteiger partial charge on any atom is 0.0652 e. The van der Waals surface area contributed by atoms with Gasteiger partial charge < -0.3 is 5.32 Å². The summed E-state index contributed by atoms with van der Waals surface area (Å²) in [4.78, 5) is 0. The summed E-state index contributed by atoms with van der Waals surface area (Å²) in [6.45, 7) is 4.67. The normalized spacial score (nSPS) is 10.6. The van der Waals surface area contributed by atoms with Gasteiger partial charge in [0.25, 0.3) is 0 Å². The van der Waals surface area contributed by atoms with Crippen LogP contribution in [-0.2, 0) is 6.54 Å². The Morgan fingerprint density at radius 3 is 2.65 bits per heavy atom. The number of hydrogen-bond acceptors (Lipinski definition) is 2. The molecule has 0 aliphatic heterocycles. The van der Waals surface area contributed by atoms with Gasteiger partial charge in [0.2, 0.25) is 0 Å². The summed E-state index contributed by atoms with van der Waals surface area (Å²) in [5.74, 6) is 0. The Balaban J connectivity index is 2.13. The van der Waals surface area contributed by atoms with E-state index in [1.165, 1.54) is 0 Å². The molecule has 0 bridgehead atoms. The Morgan fingerprint density at radius 2 is 2.06 bits per heavy atom. The number of nitrogens with one attached hydrogen (secondary N) is 2. The SMILES string of the molecule is Cc1n[nH]c(C)c1CNc1ccc(Cl)cc1Cl. The van der Waals surface area contributed by atoms with Gasteiger partial charge in [-0.25, -0.2) is 0 Å². The maximum absolute atomic E-state index is 6.08. The largest absolute Gasteiger partial charge is 0.380 e. The molecule has 0 fully saturated rings. The first-order valence-electron chi connectivity index (χ1n) is 5.27. The first-order valence-corrected chi connectivity index (χ1v) is 6.03. The van der Waals surface area contributed by atoms with Crippen LogP contribution in [0.2, 0.25) is 10.0 Å². The fourth-order valence-electron chi connectivity index (χ4n) is 1.65. The summed E-state index contributed by atoms with van der Waals surface area (Å²) >= 11 is 11.9. The summed E-state index contributed by atoms with van der Waals surface area (Å²) in [6, 6.07) is 5.40. The Kier molecular flexibility index (Phi) is 3.60. The highest BCUT2D eigenvalue weighted by Crippen LogP contribution is 2.26. The summed E-state index contributed by atoms with van der Waals surface area (Å²) < 4.78 is 0. The minimum Gasteiger partial charge on any atom is -0.380 e. The van der Waals surface area contributed by atoms with Crippen LogP contribution >= 0.6 is 23.2 Å². The van der Waals surface area contributed by atoms with E-state index in [0.29, 0.717) is 16.6 Å². The molecule has 1 aromatic heterocycles. The summed E-state index contributed by atoms with van der Waals surface area (Å²) in [6.07, 6.45) is 0. The van der Waals surface area contributed by atoms with Crippen molar-refractivity contribution in [2.75, 3.05) is 5.32 Å². The predicted molar refractivity (Wildman–Crippen MR) is 71.9 cm³/mol. The van der Waals surface area contributed by atoms with Crippen molar-refractivity contribution in [1.82, 2.24) is 10.2 Å². The van der Waals surface area contributed by atoms with Crippen molar-refractivity contribution in [2.24, 2.45) is 0 Å². The highest BCUT2D eigenvalue weighted by atomic mass is 35.5. The third-order valence-corrected chi connectivity index (χ3v) is 3.22. The summed E-state index contributed by atoms with van der Waals surface area (Å²) in [7, 11) is 0. The highest BCUT2D eigenvalue weighted by molar-refractivity contribution is 6.36. The molecule has 0 unspecified atom stereocenters. The van der Waals surface area contributed by atoms with Crippen LogP contribution in [0.5, 0.6) is 0 Å². The Labute approximate surface area is 110 Å². The fraction of sp³-hybridized carbons (Fsp3) is 0.250. The first kappa shape index (κ1) is 12.3. The second-order valence-corrected chi connectivity index (χ2v) is 4.73. The van der Waals surface area contributed by atoms with Crippen molar-refractivity contribution in [2.45, 2.75) is 20.4 Å². The van der Waals surface area contributed by atoms with Crippen molar-refractivity contribution in [3.05, 3.63) is 45.2 Å². The molecule has 90 valence electrons. The van der Waals surface area contributed by atoms with E-state index >= 15 is 0 Å². The van der Waals surface area contributed by atoms with Gasteiger partial charge in [-0.1, -0.05) is 23.2 Å². The Hall–Kier alpha value is -1.19. The van der Waals surface area contributed by atoms with Crippen molar-refractivity contribution in [1.29, 1.82) is 0 Å². The zero-order valence-corrected chi connectivity index (χ0v) is 11.2. The van der Waals surface area contributed by atoms with Crippen molar-refractivity contribution < 1.29 is 0 Å². The van der Waals surface area contributed by atoms with Gasteiger partial charge in [-0.2, -0.15) is 5.10 Å². The lowest BCUT2D eigenvalue weighted by Gasteiger charge is -2.08. The van der Waals surface area contributed by atoms with Gasteiger partial charge in [-0.05, 0) is 32.0 Å². The quantitative estimate of drug-likeness (QED) is 0.886. The molecule has 0 radical (unpaired) electrons. The van der Waals surface area contributed by atoms with E-state index in [-0.39, 0.29) is 0 Å². The van der Waals surface area contributed by atoms with Crippen molar-refractivity contribution >= 4 is 28.9 Å². The molecule has 3 nitrogen and oxygen atoms in total. The molecule has 2 aromatic rings. The Bertz CT molecular complexity index is 515. The molecule has 0 saturated carbocycles. The van der Waals surface area contributed by atoms with E-state index in [0.717, 1.165) is 22.6 Å². The van der Waals surface area contributed by atoms with Crippen molar-refractivity contribution in [3.63, 3.8) is 0 Å². The van der Waals surface area contributed by atoms with Gasteiger partial charge in [-0.15, -0.1) is 0 Å². The lowest BCUT2D eigenvalue weighted by atomic mass is 10.2. The van der Waals surface area contributed by atoms with Crippen molar-refractivity contribution in [3.8, 4) is 0 Å². The molecular formula is C12H13Cl2N3. The van der Waals surface area contributed by atoms with Gasteiger partial charge in [-0.3, -0.25) is 5.10 Å². The van der Waals surface area contributed by atoms with Crippen LogP contribution < -0.4 is 5.32 Å². The molecule has 0 saturated heterocycles. The van der Waals surface area contributed by atoms with Gasteiger partial charge in [0.05, 0.1) is 16.4 Å². The molecule has 2 N–H and O–H groups in total. The van der Waals surface area contributed by atoms with Crippen LogP contribution in [0.4, 0.5) is 5.69 Å². The third kappa shape index (κ3) is 2.73. The van der Waals surface area contributed by atoms with E-state index < -0.39 is 0 Å². The summed E-state index contributed by atoms with van der Waals surface area (Å²) in [5, 5.41) is 11.6. The number of anilines is 1. The van der Waals surface area contributed by atoms with Gasteiger partial charge in [0.1, 0.15) is 0 Å². The molecule has 0 amide bonds. The second kappa shape index (κ2) is 4.98. The van der Waals surface area contributed by atoms with Crippen LogP contribution in [0.3, 0.4) is 0 Å². The molecule has 0 atom stereocenters. The molecule has 17 heavy (non-hydrogen) atoms.